The van der Waals surface area contributed by atoms with Crippen LogP contribution in [0, 0.1) is 17.8 Å². The van der Waals surface area contributed by atoms with Crippen LogP contribution in [0.5, 0.6) is 0 Å². The zero-order valence-electron chi connectivity index (χ0n) is 12.5. The fourth-order valence-electron chi connectivity index (χ4n) is 2.84. The summed E-state index contributed by atoms with van der Waals surface area (Å²) in [7, 11) is -3.42. The van der Waals surface area contributed by atoms with Gasteiger partial charge in [0.2, 0.25) is 10.0 Å². The number of nitrogens with two attached hydrogens (primary N) is 1. The van der Waals surface area contributed by atoms with E-state index in [0.717, 1.165) is 12.8 Å². The minimum absolute atomic E-state index is 0.00515. The van der Waals surface area contributed by atoms with Gasteiger partial charge in [-0.3, -0.25) is 0 Å². The molecule has 0 saturated heterocycles. The summed E-state index contributed by atoms with van der Waals surface area (Å²) in [6, 6.07) is 0. The molecule has 0 aromatic carbocycles. The standard InChI is InChI=1S/C14H29NO3S/c1-4-12-7-5-6-8-14(12)18-9-13(11(2)3)10-19(15,16)17/h11-14H,4-10H2,1-3H3,(H2,15,16,17). The molecule has 0 radical (unpaired) electrons. The molecule has 0 spiro atoms. The van der Waals surface area contributed by atoms with Crippen LogP contribution >= 0.6 is 0 Å². The lowest BCUT2D eigenvalue weighted by atomic mass is 9.84. The topological polar surface area (TPSA) is 69.4 Å². The molecular formula is C14H29NO3S. The van der Waals surface area contributed by atoms with E-state index in [1.165, 1.54) is 19.3 Å². The average Bonchev–Trinajstić information content (AvgIpc) is 2.33. The largest absolute Gasteiger partial charge is 0.378 e. The van der Waals surface area contributed by atoms with Crippen LogP contribution in [0.4, 0.5) is 0 Å². The maximum atomic E-state index is 11.2. The third-order valence-electron chi connectivity index (χ3n) is 4.28. The van der Waals surface area contributed by atoms with Gasteiger partial charge in [0.1, 0.15) is 0 Å². The summed E-state index contributed by atoms with van der Waals surface area (Å²) >= 11 is 0. The van der Waals surface area contributed by atoms with E-state index in [0.29, 0.717) is 18.6 Å². The van der Waals surface area contributed by atoms with Crippen molar-refractivity contribution >= 4 is 10.0 Å². The molecule has 19 heavy (non-hydrogen) atoms. The number of rotatable bonds is 7. The summed E-state index contributed by atoms with van der Waals surface area (Å²) in [5.41, 5.74) is 0. The molecule has 3 atom stereocenters. The molecule has 5 heteroatoms. The van der Waals surface area contributed by atoms with Gasteiger partial charge in [-0.25, -0.2) is 13.6 Å². The minimum Gasteiger partial charge on any atom is -0.378 e. The molecule has 0 aromatic heterocycles. The van der Waals surface area contributed by atoms with E-state index in [1.54, 1.807) is 0 Å². The van der Waals surface area contributed by atoms with E-state index in [9.17, 15) is 8.42 Å². The maximum absolute atomic E-state index is 11.2. The van der Waals surface area contributed by atoms with Gasteiger partial charge in [0.25, 0.3) is 0 Å². The van der Waals surface area contributed by atoms with Crippen LogP contribution in [0.15, 0.2) is 0 Å². The normalized spacial score (nSPS) is 26.6. The van der Waals surface area contributed by atoms with E-state index in [4.69, 9.17) is 9.88 Å². The molecule has 0 amide bonds. The molecule has 1 fully saturated rings. The number of primary sulfonamides is 1. The third kappa shape index (κ3) is 6.23. The molecule has 0 aliphatic heterocycles. The molecule has 1 aliphatic rings. The number of sulfonamides is 1. The van der Waals surface area contributed by atoms with Crippen molar-refractivity contribution in [2.24, 2.45) is 22.9 Å². The molecule has 1 aliphatic carbocycles. The Morgan fingerprint density at radius 3 is 2.42 bits per heavy atom. The lowest BCUT2D eigenvalue weighted by Crippen LogP contribution is -2.34. The second kappa shape index (κ2) is 7.60. The number of ether oxygens (including phenoxy) is 1. The molecule has 1 saturated carbocycles. The molecule has 3 unspecified atom stereocenters. The summed E-state index contributed by atoms with van der Waals surface area (Å²) in [6.45, 7) is 6.76. The van der Waals surface area contributed by atoms with Gasteiger partial charge in [-0.2, -0.15) is 0 Å². The first kappa shape index (κ1) is 16.9. The highest BCUT2D eigenvalue weighted by atomic mass is 32.2. The van der Waals surface area contributed by atoms with Crippen molar-refractivity contribution in [1.82, 2.24) is 0 Å². The van der Waals surface area contributed by atoms with Crippen LogP contribution in [-0.2, 0) is 14.8 Å². The monoisotopic (exact) mass is 291 g/mol. The average molecular weight is 291 g/mol. The van der Waals surface area contributed by atoms with E-state index in [-0.39, 0.29) is 17.6 Å². The first-order chi connectivity index (χ1) is 8.83. The Balaban J connectivity index is 2.50. The van der Waals surface area contributed by atoms with Crippen LogP contribution in [-0.4, -0.2) is 26.9 Å². The van der Waals surface area contributed by atoms with Crippen LogP contribution in [0.25, 0.3) is 0 Å². The fraction of sp³-hybridized carbons (Fsp3) is 1.00. The van der Waals surface area contributed by atoms with Crippen LogP contribution in [0.3, 0.4) is 0 Å². The van der Waals surface area contributed by atoms with Crippen LogP contribution < -0.4 is 5.14 Å². The Labute approximate surface area is 118 Å². The fourth-order valence-corrected chi connectivity index (χ4v) is 3.92. The van der Waals surface area contributed by atoms with Gasteiger partial charge in [-0.05, 0) is 30.6 Å². The summed E-state index contributed by atoms with van der Waals surface area (Å²) < 4.78 is 28.5. The lowest BCUT2D eigenvalue weighted by Gasteiger charge is -2.32. The zero-order valence-corrected chi connectivity index (χ0v) is 13.3. The highest BCUT2D eigenvalue weighted by Crippen LogP contribution is 2.30. The molecule has 4 nitrogen and oxygen atoms in total. The van der Waals surface area contributed by atoms with Crippen LogP contribution in [0.1, 0.15) is 52.9 Å². The number of hydrogen-bond acceptors (Lipinski definition) is 3. The summed E-state index contributed by atoms with van der Waals surface area (Å²) in [5.74, 6) is 0.918. The lowest BCUT2D eigenvalue weighted by molar-refractivity contribution is -0.0309. The third-order valence-corrected chi connectivity index (χ3v) is 5.17. The SMILES string of the molecule is CCC1CCCCC1OCC(CS(N)(=O)=O)C(C)C. The Morgan fingerprint density at radius 2 is 1.89 bits per heavy atom. The van der Waals surface area contributed by atoms with Crippen molar-refractivity contribution in [3.05, 3.63) is 0 Å². The van der Waals surface area contributed by atoms with E-state index in [1.807, 2.05) is 13.8 Å². The molecular weight excluding hydrogens is 262 g/mol. The predicted molar refractivity (Wildman–Crippen MR) is 78.3 cm³/mol. The van der Waals surface area contributed by atoms with E-state index in [2.05, 4.69) is 6.92 Å². The van der Waals surface area contributed by atoms with Crippen LogP contribution in [0.2, 0.25) is 0 Å². The Morgan fingerprint density at radius 1 is 1.26 bits per heavy atom. The highest BCUT2D eigenvalue weighted by Gasteiger charge is 2.27. The highest BCUT2D eigenvalue weighted by molar-refractivity contribution is 7.89. The van der Waals surface area contributed by atoms with Crippen molar-refractivity contribution < 1.29 is 13.2 Å². The number of hydrogen-bond donors (Lipinski definition) is 1. The molecule has 0 heterocycles. The van der Waals surface area contributed by atoms with Crippen molar-refractivity contribution in [2.75, 3.05) is 12.4 Å². The predicted octanol–water partition coefficient (Wildman–Crippen LogP) is 2.53. The van der Waals surface area contributed by atoms with E-state index >= 15 is 0 Å². The van der Waals surface area contributed by atoms with Gasteiger partial charge in [-0.15, -0.1) is 0 Å². The van der Waals surface area contributed by atoms with Gasteiger partial charge in [0.05, 0.1) is 18.5 Å². The van der Waals surface area contributed by atoms with Gasteiger partial charge in [-0.1, -0.05) is 40.0 Å². The quantitative estimate of drug-likeness (QED) is 0.783. The maximum Gasteiger partial charge on any atom is 0.209 e. The van der Waals surface area contributed by atoms with Gasteiger partial charge in [0.15, 0.2) is 0 Å². The Kier molecular flexibility index (Phi) is 6.77. The van der Waals surface area contributed by atoms with Crippen molar-refractivity contribution in [3.63, 3.8) is 0 Å². The first-order valence-electron chi connectivity index (χ1n) is 7.45. The van der Waals surface area contributed by atoms with Crippen molar-refractivity contribution in [2.45, 2.75) is 59.0 Å². The van der Waals surface area contributed by atoms with Gasteiger partial charge < -0.3 is 4.74 Å². The Hall–Kier alpha value is -0.130. The van der Waals surface area contributed by atoms with Crippen molar-refractivity contribution in [3.8, 4) is 0 Å². The minimum atomic E-state index is -3.42. The summed E-state index contributed by atoms with van der Waals surface area (Å²) in [4.78, 5) is 0. The second-order valence-corrected chi connectivity index (χ2v) is 7.82. The Bertz CT molecular complexity index is 354. The zero-order chi connectivity index (χ0) is 14.5. The second-order valence-electron chi connectivity index (χ2n) is 6.16. The van der Waals surface area contributed by atoms with Crippen molar-refractivity contribution in [1.29, 1.82) is 0 Å². The molecule has 1 rings (SSSR count). The first-order valence-corrected chi connectivity index (χ1v) is 9.17. The molecule has 0 aromatic rings. The van der Waals surface area contributed by atoms with Gasteiger partial charge in [0, 0.05) is 0 Å². The molecule has 2 N–H and O–H groups in total. The van der Waals surface area contributed by atoms with Gasteiger partial charge >= 0.3 is 0 Å². The summed E-state index contributed by atoms with van der Waals surface area (Å²) in [6.07, 6.45) is 6.32. The smallest absolute Gasteiger partial charge is 0.209 e. The van der Waals surface area contributed by atoms with E-state index < -0.39 is 10.0 Å². The summed E-state index contributed by atoms with van der Waals surface area (Å²) in [5, 5.41) is 5.15. The molecule has 114 valence electrons. The molecule has 0 bridgehead atoms.